The SMILES string of the molecule is CCCCCCOc1ccc(OC(=O)c2ccco2)c(C#N)c1C#N. The summed E-state index contributed by atoms with van der Waals surface area (Å²) in [6, 6.07) is 9.84. The van der Waals surface area contributed by atoms with E-state index in [2.05, 4.69) is 6.92 Å². The second kappa shape index (κ2) is 9.14. The molecule has 2 aromatic rings. The van der Waals surface area contributed by atoms with Crippen LogP contribution in [0.3, 0.4) is 0 Å². The van der Waals surface area contributed by atoms with Crippen molar-refractivity contribution in [2.45, 2.75) is 32.6 Å². The summed E-state index contributed by atoms with van der Waals surface area (Å²) in [6.07, 6.45) is 5.51. The lowest BCUT2D eigenvalue weighted by Gasteiger charge is -2.11. The number of esters is 1. The van der Waals surface area contributed by atoms with Gasteiger partial charge in [0.05, 0.1) is 12.9 Å². The molecule has 2 rings (SSSR count). The molecule has 0 saturated heterocycles. The molecule has 0 saturated carbocycles. The zero-order valence-corrected chi connectivity index (χ0v) is 13.9. The minimum absolute atomic E-state index is 0.00113. The van der Waals surface area contributed by atoms with E-state index in [1.807, 2.05) is 12.1 Å². The first-order valence-corrected chi connectivity index (χ1v) is 8.07. The topological polar surface area (TPSA) is 96.2 Å². The van der Waals surface area contributed by atoms with Gasteiger partial charge in [-0.15, -0.1) is 0 Å². The van der Waals surface area contributed by atoms with Gasteiger partial charge >= 0.3 is 5.97 Å². The van der Waals surface area contributed by atoms with Gasteiger partial charge in [0, 0.05) is 0 Å². The molecule has 25 heavy (non-hydrogen) atoms. The Morgan fingerprint density at radius 2 is 1.80 bits per heavy atom. The highest BCUT2D eigenvalue weighted by Crippen LogP contribution is 2.30. The fraction of sp³-hybridized carbons (Fsp3) is 0.316. The fourth-order valence-corrected chi connectivity index (χ4v) is 2.25. The van der Waals surface area contributed by atoms with Crippen molar-refractivity contribution in [2.75, 3.05) is 6.61 Å². The van der Waals surface area contributed by atoms with Gasteiger partial charge in [-0.3, -0.25) is 0 Å². The minimum atomic E-state index is -0.737. The number of unbranched alkanes of at least 4 members (excludes halogenated alkanes) is 3. The molecule has 1 aromatic carbocycles. The molecule has 1 heterocycles. The van der Waals surface area contributed by atoms with E-state index in [-0.39, 0.29) is 22.6 Å². The first-order valence-electron chi connectivity index (χ1n) is 8.07. The van der Waals surface area contributed by atoms with Crippen LogP contribution in [-0.2, 0) is 0 Å². The largest absolute Gasteiger partial charge is 0.492 e. The molecule has 0 radical (unpaired) electrons. The number of hydrogen-bond acceptors (Lipinski definition) is 6. The van der Waals surface area contributed by atoms with E-state index in [4.69, 9.17) is 13.9 Å². The lowest BCUT2D eigenvalue weighted by molar-refractivity contribution is 0.0700. The summed E-state index contributed by atoms with van der Waals surface area (Å²) >= 11 is 0. The Morgan fingerprint density at radius 1 is 1.08 bits per heavy atom. The average molecular weight is 338 g/mol. The zero-order valence-electron chi connectivity index (χ0n) is 13.9. The molecule has 128 valence electrons. The molecular weight excluding hydrogens is 320 g/mol. The molecule has 0 fully saturated rings. The van der Waals surface area contributed by atoms with Crippen molar-refractivity contribution in [2.24, 2.45) is 0 Å². The lowest BCUT2D eigenvalue weighted by atomic mass is 10.1. The van der Waals surface area contributed by atoms with Gasteiger partial charge in [-0.25, -0.2) is 4.79 Å². The Morgan fingerprint density at radius 3 is 2.44 bits per heavy atom. The number of rotatable bonds is 8. The van der Waals surface area contributed by atoms with Crippen molar-refractivity contribution >= 4 is 5.97 Å². The number of carbonyl (C=O) groups is 1. The van der Waals surface area contributed by atoms with E-state index < -0.39 is 5.97 Å². The summed E-state index contributed by atoms with van der Waals surface area (Å²) in [5.74, 6) is -0.413. The van der Waals surface area contributed by atoms with Crippen molar-refractivity contribution in [3.05, 3.63) is 47.4 Å². The first kappa shape index (κ1) is 18.1. The summed E-state index contributed by atoms with van der Waals surface area (Å²) in [7, 11) is 0. The number of nitrogens with zero attached hydrogens (tertiary/aromatic N) is 2. The highest BCUT2D eigenvalue weighted by Gasteiger charge is 2.19. The van der Waals surface area contributed by atoms with Crippen molar-refractivity contribution < 1.29 is 18.7 Å². The van der Waals surface area contributed by atoms with Crippen LogP contribution in [0.2, 0.25) is 0 Å². The molecule has 0 amide bonds. The molecule has 0 N–H and O–H groups in total. The standard InChI is InChI=1S/C19H18N2O4/c1-2-3-4-5-10-23-16-8-9-17(15(13-21)14(16)12-20)25-19(22)18-7-6-11-24-18/h6-9,11H,2-5,10H2,1H3. The Bertz CT molecular complexity index is 798. The van der Waals surface area contributed by atoms with Crippen LogP contribution in [0.5, 0.6) is 11.5 Å². The minimum Gasteiger partial charge on any atom is -0.492 e. The Kier molecular flexibility index (Phi) is 6.62. The number of benzene rings is 1. The third-order valence-electron chi connectivity index (χ3n) is 3.53. The van der Waals surface area contributed by atoms with E-state index in [1.54, 1.807) is 6.07 Å². The highest BCUT2D eigenvalue weighted by molar-refractivity contribution is 5.88. The maximum absolute atomic E-state index is 12.0. The van der Waals surface area contributed by atoms with Crippen molar-refractivity contribution in [1.82, 2.24) is 0 Å². The second-order valence-electron chi connectivity index (χ2n) is 5.31. The van der Waals surface area contributed by atoms with E-state index in [1.165, 1.54) is 24.5 Å². The van der Waals surface area contributed by atoms with E-state index in [0.717, 1.165) is 25.7 Å². The normalized spacial score (nSPS) is 9.88. The summed E-state index contributed by atoms with van der Waals surface area (Å²) < 4.78 is 15.8. The van der Waals surface area contributed by atoms with Gasteiger partial charge in [-0.2, -0.15) is 10.5 Å². The van der Waals surface area contributed by atoms with Gasteiger partial charge in [-0.05, 0) is 30.7 Å². The van der Waals surface area contributed by atoms with Gasteiger partial charge in [-0.1, -0.05) is 26.2 Å². The van der Waals surface area contributed by atoms with Gasteiger partial charge in [0.15, 0.2) is 5.75 Å². The quantitative estimate of drug-likeness (QED) is 0.406. The molecule has 0 unspecified atom stereocenters. The predicted octanol–water partition coefficient (Wildman–Crippen LogP) is 4.20. The molecule has 0 spiro atoms. The molecular formula is C19H18N2O4. The van der Waals surface area contributed by atoms with Gasteiger partial charge in [0.25, 0.3) is 0 Å². The number of carbonyl (C=O) groups excluding carboxylic acids is 1. The molecule has 0 aliphatic heterocycles. The maximum Gasteiger partial charge on any atom is 0.379 e. The molecule has 6 nitrogen and oxygen atoms in total. The number of ether oxygens (including phenoxy) is 2. The van der Waals surface area contributed by atoms with Crippen molar-refractivity contribution in [3.8, 4) is 23.6 Å². The Balaban J connectivity index is 2.16. The number of furan rings is 1. The molecule has 0 aliphatic rings. The van der Waals surface area contributed by atoms with Gasteiger partial charge in [0.1, 0.15) is 29.0 Å². The fourth-order valence-electron chi connectivity index (χ4n) is 2.25. The second-order valence-corrected chi connectivity index (χ2v) is 5.31. The van der Waals surface area contributed by atoms with Crippen molar-refractivity contribution in [1.29, 1.82) is 10.5 Å². The van der Waals surface area contributed by atoms with E-state index in [0.29, 0.717) is 12.4 Å². The third kappa shape index (κ3) is 4.62. The zero-order chi connectivity index (χ0) is 18.1. The van der Waals surface area contributed by atoms with Gasteiger partial charge < -0.3 is 13.9 Å². The summed E-state index contributed by atoms with van der Waals surface area (Å²) in [5, 5.41) is 18.7. The molecule has 0 atom stereocenters. The third-order valence-corrected chi connectivity index (χ3v) is 3.53. The van der Waals surface area contributed by atoms with Gasteiger partial charge in [0.2, 0.25) is 5.76 Å². The number of hydrogen-bond donors (Lipinski definition) is 0. The molecule has 0 aliphatic carbocycles. The lowest BCUT2D eigenvalue weighted by Crippen LogP contribution is -2.09. The van der Waals surface area contributed by atoms with Crippen LogP contribution in [0, 0.1) is 22.7 Å². The average Bonchev–Trinajstić information content (AvgIpc) is 3.16. The van der Waals surface area contributed by atoms with E-state index in [9.17, 15) is 15.3 Å². The van der Waals surface area contributed by atoms with Crippen LogP contribution >= 0.6 is 0 Å². The van der Waals surface area contributed by atoms with Crippen LogP contribution in [0.15, 0.2) is 34.9 Å². The molecule has 0 bridgehead atoms. The van der Waals surface area contributed by atoms with Crippen LogP contribution in [0.25, 0.3) is 0 Å². The Labute approximate surface area is 146 Å². The van der Waals surface area contributed by atoms with Crippen LogP contribution in [0.4, 0.5) is 0 Å². The predicted molar refractivity (Wildman–Crippen MR) is 89.2 cm³/mol. The van der Waals surface area contributed by atoms with Crippen LogP contribution in [0.1, 0.15) is 54.3 Å². The summed E-state index contributed by atoms with van der Waals surface area (Å²) in [6.45, 7) is 2.58. The van der Waals surface area contributed by atoms with Crippen LogP contribution in [-0.4, -0.2) is 12.6 Å². The summed E-state index contributed by atoms with van der Waals surface area (Å²) in [4.78, 5) is 12.0. The summed E-state index contributed by atoms with van der Waals surface area (Å²) in [5.41, 5.74) is 0.0243. The first-order chi connectivity index (χ1) is 12.2. The van der Waals surface area contributed by atoms with Crippen molar-refractivity contribution in [3.63, 3.8) is 0 Å². The highest BCUT2D eigenvalue weighted by atomic mass is 16.5. The maximum atomic E-state index is 12.0. The molecule has 6 heteroatoms. The molecule has 1 aromatic heterocycles. The smallest absolute Gasteiger partial charge is 0.379 e. The Hall–Kier alpha value is -3.25. The number of nitriles is 2. The van der Waals surface area contributed by atoms with Crippen LogP contribution < -0.4 is 9.47 Å². The van der Waals surface area contributed by atoms with E-state index >= 15 is 0 Å². The monoisotopic (exact) mass is 338 g/mol.